The van der Waals surface area contributed by atoms with Gasteiger partial charge in [0.1, 0.15) is 24.5 Å². The van der Waals surface area contributed by atoms with Crippen molar-refractivity contribution in [1.29, 1.82) is 0 Å². The van der Waals surface area contributed by atoms with E-state index in [2.05, 4.69) is 15.0 Å². The monoisotopic (exact) mass is 537 g/mol. The summed E-state index contributed by atoms with van der Waals surface area (Å²) in [7, 11) is 1.60. The summed E-state index contributed by atoms with van der Waals surface area (Å²) in [6, 6.07) is 15.1. The molecule has 0 spiro atoms. The zero-order chi connectivity index (χ0) is 28.0. The number of hydrogen-bond acceptors (Lipinski definition) is 6. The van der Waals surface area contributed by atoms with E-state index in [4.69, 9.17) is 15.2 Å². The third-order valence-corrected chi connectivity index (χ3v) is 6.96. The van der Waals surface area contributed by atoms with Crippen LogP contribution in [0.5, 0.6) is 5.75 Å². The van der Waals surface area contributed by atoms with E-state index < -0.39 is 11.7 Å². The predicted octanol–water partition coefficient (Wildman–Crippen LogP) is 4.65. The second-order valence-corrected chi connectivity index (χ2v) is 9.34. The normalized spacial score (nSPS) is 11.5. The zero-order valence-corrected chi connectivity index (χ0v) is 21.7. The molecule has 40 heavy (non-hydrogen) atoms. The zero-order valence-electron chi connectivity index (χ0n) is 21.7. The van der Waals surface area contributed by atoms with Crippen LogP contribution in [0.4, 0.5) is 4.39 Å². The van der Waals surface area contributed by atoms with Gasteiger partial charge in [-0.05, 0) is 54.4 Å². The number of methoxy groups -OCH3 is 1. The van der Waals surface area contributed by atoms with Gasteiger partial charge >= 0.3 is 0 Å². The van der Waals surface area contributed by atoms with Crippen LogP contribution in [-0.4, -0.2) is 45.7 Å². The number of aromatic amines is 1. The SMILES string of the molecule is COCCOc1ccc2c(c1)[nH]c1c(C(N)=O)ncc(-c3cccc(-n4cnc5ccc(F)cc5c4=O)c3C)c12. The van der Waals surface area contributed by atoms with Gasteiger partial charge in [-0.3, -0.25) is 14.2 Å². The molecule has 0 fully saturated rings. The molecule has 6 aromatic rings. The lowest BCUT2D eigenvalue weighted by molar-refractivity contribution is 0.0997. The third kappa shape index (κ3) is 4.15. The summed E-state index contributed by atoms with van der Waals surface area (Å²) >= 11 is 0. The number of fused-ring (bicyclic) bond motifs is 4. The van der Waals surface area contributed by atoms with Crippen LogP contribution in [0.3, 0.4) is 0 Å². The van der Waals surface area contributed by atoms with Crippen molar-refractivity contribution in [3.8, 4) is 22.6 Å². The lowest BCUT2D eigenvalue weighted by atomic mass is 9.95. The van der Waals surface area contributed by atoms with Crippen molar-refractivity contribution in [2.75, 3.05) is 20.3 Å². The van der Waals surface area contributed by atoms with E-state index in [1.54, 1.807) is 19.4 Å². The summed E-state index contributed by atoms with van der Waals surface area (Å²) in [6.07, 6.45) is 3.05. The lowest BCUT2D eigenvalue weighted by Crippen LogP contribution is -2.20. The molecule has 3 N–H and O–H groups in total. The summed E-state index contributed by atoms with van der Waals surface area (Å²) < 4.78 is 26.1. The number of ether oxygens (including phenoxy) is 2. The minimum Gasteiger partial charge on any atom is -0.491 e. The number of hydrogen-bond donors (Lipinski definition) is 2. The van der Waals surface area contributed by atoms with Gasteiger partial charge in [0.15, 0.2) is 5.69 Å². The van der Waals surface area contributed by atoms with E-state index >= 15 is 0 Å². The first-order valence-electron chi connectivity index (χ1n) is 12.5. The molecule has 200 valence electrons. The molecule has 0 aliphatic rings. The summed E-state index contributed by atoms with van der Waals surface area (Å²) in [6.45, 7) is 2.73. The summed E-state index contributed by atoms with van der Waals surface area (Å²) in [5.41, 5.74) is 9.94. The molecular formula is C30H24FN5O4. The maximum Gasteiger partial charge on any atom is 0.269 e. The van der Waals surface area contributed by atoms with Gasteiger partial charge in [-0.1, -0.05) is 12.1 Å². The van der Waals surface area contributed by atoms with Gasteiger partial charge < -0.3 is 20.2 Å². The van der Waals surface area contributed by atoms with E-state index in [1.165, 1.54) is 29.1 Å². The summed E-state index contributed by atoms with van der Waals surface area (Å²) in [5, 5.41) is 1.79. The highest BCUT2D eigenvalue weighted by Gasteiger charge is 2.20. The quantitative estimate of drug-likeness (QED) is 0.286. The smallest absolute Gasteiger partial charge is 0.269 e. The van der Waals surface area contributed by atoms with Gasteiger partial charge in [-0.15, -0.1) is 0 Å². The summed E-state index contributed by atoms with van der Waals surface area (Å²) in [4.78, 5) is 37.7. The highest BCUT2D eigenvalue weighted by Crippen LogP contribution is 2.38. The fourth-order valence-electron chi connectivity index (χ4n) is 5.06. The number of aromatic nitrogens is 4. The molecule has 0 aliphatic carbocycles. The molecule has 0 aliphatic heterocycles. The fraction of sp³-hybridized carbons (Fsp3) is 0.133. The number of nitrogens with zero attached hydrogens (tertiary/aromatic N) is 3. The van der Waals surface area contributed by atoms with Crippen molar-refractivity contribution in [2.45, 2.75) is 6.92 Å². The van der Waals surface area contributed by atoms with E-state index in [0.717, 1.165) is 33.0 Å². The van der Waals surface area contributed by atoms with Gasteiger partial charge in [0, 0.05) is 35.7 Å². The topological polar surface area (TPSA) is 125 Å². The van der Waals surface area contributed by atoms with Crippen LogP contribution in [0.15, 0.2) is 71.9 Å². The Kier molecular flexibility index (Phi) is 6.24. The van der Waals surface area contributed by atoms with Crippen molar-refractivity contribution in [1.82, 2.24) is 19.5 Å². The van der Waals surface area contributed by atoms with Crippen molar-refractivity contribution in [2.24, 2.45) is 5.73 Å². The van der Waals surface area contributed by atoms with Gasteiger partial charge in [-0.2, -0.15) is 0 Å². The number of primary amides is 1. The number of nitrogens with two attached hydrogens (primary N) is 1. The van der Waals surface area contributed by atoms with E-state index in [-0.39, 0.29) is 16.6 Å². The number of rotatable bonds is 7. The van der Waals surface area contributed by atoms with Crippen molar-refractivity contribution in [3.05, 3.63) is 94.5 Å². The number of amides is 1. The van der Waals surface area contributed by atoms with Gasteiger partial charge in [0.25, 0.3) is 11.5 Å². The van der Waals surface area contributed by atoms with E-state index in [0.29, 0.717) is 35.7 Å². The molecule has 0 unspecified atom stereocenters. The number of H-pyrrole nitrogens is 1. The van der Waals surface area contributed by atoms with Crippen LogP contribution in [0, 0.1) is 12.7 Å². The number of nitrogens with one attached hydrogen (secondary N) is 1. The molecule has 3 aromatic heterocycles. The number of carbonyl (C=O) groups is 1. The van der Waals surface area contributed by atoms with E-state index in [9.17, 15) is 14.0 Å². The average molecular weight is 538 g/mol. The molecule has 0 atom stereocenters. The molecule has 0 radical (unpaired) electrons. The molecule has 3 heterocycles. The van der Waals surface area contributed by atoms with Crippen molar-refractivity contribution >= 4 is 38.6 Å². The number of benzene rings is 3. The minimum absolute atomic E-state index is 0.114. The molecule has 9 nitrogen and oxygen atoms in total. The third-order valence-electron chi connectivity index (χ3n) is 6.96. The Hall–Kier alpha value is -5.09. The van der Waals surface area contributed by atoms with E-state index in [1.807, 2.05) is 37.3 Å². The molecule has 3 aromatic carbocycles. The fourth-order valence-corrected chi connectivity index (χ4v) is 5.06. The molecule has 0 saturated carbocycles. The second-order valence-electron chi connectivity index (χ2n) is 9.34. The summed E-state index contributed by atoms with van der Waals surface area (Å²) in [5.74, 6) is -0.528. The van der Waals surface area contributed by atoms with Gasteiger partial charge in [0.2, 0.25) is 0 Å². The molecular weight excluding hydrogens is 513 g/mol. The Morgan fingerprint density at radius 3 is 2.70 bits per heavy atom. The van der Waals surface area contributed by atoms with Crippen LogP contribution in [0.1, 0.15) is 16.1 Å². The minimum atomic E-state index is -0.661. The Bertz CT molecular complexity index is 2010. The predicted molar refractivity (Wildman–Crippen MR) is 151 cm³/mol. The molecule has 0 bridgehead atoms. The Morgan fingerprint density at radius 2 is 1.90 bits per heavy atom. The number of pyridine rings is 1. The maximum absolute atomic E-state index is 13.9. The maximum atomic E-state index is 13.9. The van der Waals surface area contributed by atoms with Crippen molar-refractivity contribution in [3.63, 3.8) is 0 Å². The van der Waals surface area contributed by atoms with Crippen LogP contribution in [-0.2, 0) is 4.74 Å². The largest absolute Gasteiger partial charge is 0.491 e. The first-order valence-corrected chi connectivity index (χ1v) is 12.5. The molecule has 1 amide bonds. The van der Waals surface area contributed by atoms with Crippen molar-refractivity contribution < 1.29 is 18.7 Å². The molecule has 0 saturated heterocycles. The average Bonchev–Trinajstić information content (AvgIpc) is 3.32. The van der Waals surface area contributed by atoms with Gasteiger partial charge in [0.05, 0.1) is 34.2 Å². The van der Waals surface area contributed by atoms with Crippen LogP contribution >= 0.6 is 0 Å². The Morgan fingerprint density at radius 1 is 1.05 bits per heavy atom. The first-order chi connectivity index (χ1) is 19.4. The van der Waals surface area contributed by atoms with Gasteiger partial charge in [-0.25, -0.2) is 14.4 Å². The second kappa shape index (κ2) is 9.90. The van der Waals surface area contributed by atoms with Crippen LogP contribution < -0.4 is 16.0 Å². The van der Waals surface area contributed by atoms with Crippen LogP contribution in [0.2, 0.25) is 0 Å². The Balaban J connectivity index is 1.56. The van der Waals surface area contributed by atoms with Crippen LogP contribution in [0.25, 0.3) is 49.5 Å². The molecule has 6 rings (SSSR count). The standard InChI is InChI=1S/C30H24FN5O4/c1-16-19(4-3-5-25(16)36-15-34-23-9-6-17(31)12-21(23)30(36)38)22-14-33-28(29(32)37)27-26(22)20-8-7-18(13-24(20)35-27)40-11-10-39-2/h3-9,12-15,35H,10-11H2,1-2H3,(H2,32,37). The number of halogens is 1. The Labute approximate surface area is 227 Å². The number of carbonyl (C=O) groups excluding carboxylic acids is 1. The lowest BCUT2D eigenvalue weighted by Gasteiger charge is -2.15. The molecule has 10 heteroatoms. The highest BCUT2D eigenvalue weighted by molar-refractivity contribution is 6.19. The first kappa shape index (κ1) is 25.2. The highest BCUT2D eigenvalue weighted by atomic mass is 19.1.